The zero-order valence-electron chi connectivity index (χ0n) is 13.8. The second-order valence-corrected chi connectivity index (χ2v) is 5.97. The van der Waals surface area contributed by atoms with E-state index in [-0.39, 0.29) is 0 Å². The molecule has 0 atom stereocenters. The molecular formula is C19H18B2O4. The maximum absolute atomic E-state index is 9.21. The van der Waals surface area contributed by atoms with Crippen molar-refractivity contribution >= 4 is 25.2 Å². The molecule has 124 valence electrons. The van der Waals surface area contributed by atoms with Crippen molar-refractivity contribution in [1.82, 2.24) is 0 Å². The third kappa shape index (κ3) is 3.67. The highest BCUT2D eigenvalue weighted by atomic mass is 16.4. The van der Waals surface area contributed by atoms with Gasteiger partial charge < -0.3 is 20.1 Å². The minimum atomic E-state index is -1.47. The average molecular weight is 332 g/mol. The first-order chi connectivity index (χ1) is 12.0. The summed E-state index contributed by atoms with van der Waals surface area (Å²) in [4.78, 5) is 0. The topological polar surface area (TPSA) is 80.9 Å². The molecule has 0 radical (unpaired) electrons. The summed E-state index contributed by atoms with van der Waals surface area (Å²) in [6.07, 6.45) is 0. The molecule has 0 fully saturated rings. The van der Waals surface area contributed by atoms with Crippen molar-refractivity contribution in [3.63, 3.8) is 0 Å². The van der Waals surface area contributed by atoms with Gasteiger partial charge in [0.25, 0.3) is 0 Å². The molecule has 4 N–H and O–H groups in total. The van der Waals surface area contributed by atoms with Gasteiger partial charge in [0.05, 0.1) is 0 Å². The highest BCUT2D eigenvalue weighted by Gasteiger charge is 2.13. The van der Waals surface area contributed by atoms with Crippen LogP contribution in [-0.2, 0) is 0 Å². The summed E-state index contributed by atoms with van der Waals surface area (Å²) >= 11 is 0. The summed E-state index contributed by atoms with van der Waals surface area (Å²) in [5, 5.41) is 36.9. The van der Waals surface area contributed by atoms with Crippen LogP contribution >= 0.6 is 0 Å². The predicted octanol–water partition coefficient (Wildman–Crippen LogP) is 0.689. The van der Waals surface area contributed by atoms with Gasteiger partial charge in [-0.1, -0.05) is 66.7 Å². The standard InChI is InChI=1S/C19H18B2O4/c1-13-18(14-5-9-16(10-6-14)20(22)23)3-2-4-19(13)15-7-11-17(12-8-15)21(24)25/h2-12,22-25H,1H3. The van der Waals surface area contributed by atoms with E-state index in [2.05, 4.69) is 0 Å². The fraction of sp³-hybridized carbons (Fsp3) is 0.0526. The molecule has 3 rings (SSSR count). The lowest BCUT2D eigenvalue weighted by molar-refractivity contribution is 0.424. The third-order valence-corrected chi connectivity index (χ3v) is 4.37. The highest BCUT2D eigenvalue weighted by Crippen LogP contribution is 2.31. The number of hydrogen-bond donors (Lipinski definition) is 4. The average Bonchev–Trinajstić information content (AvgIpc) is 2.62. The Morgan fingerprint density at radius 2 is 0.920 bits per heavy atom. The van der Waals surface area contributed by atoms with Crippen molar-refractivity contribution in [2.24, 2.45) is 0 Å². The molecule has 3 aromatic carbocycles. The van der Waals surface area contributed by atoms with Crippen molar-refractivity contribution in [3.8, 4) is 22.3 Å². The molecule has 4 nitrogen and oxygen atoms in total. The van der Waals surface area contributed by atoms with Gasteiger partial charge in [-0.2, -0.15) is 0 Å². The maximum Gasteiger partial charge on any atom is 0.488 e. The quantitative estimate of drug-likeness (QED) is 0.530. The Bertz CT molecular complexity index is 790. The Hall–Kier alpha value is -2.37. The lowest BCUT2D eigenvalue weighted by atomic mass is 9.79. The fourth-order valence-corrected chi connectivity index (χ4v) is 2.93. The summed E-state index contributed by atoms with van der Waals surface area (Å²) in [6.45, 7) is 2.04. The molecule has 0 heterocycles. The molecule has 0 bridgehead atoms. The van der Waals surface area contributed by atoms with Gasteiger partial charge in [0.15, 0.2) is 0 Å². The van der Waals surface area contributed by atoms with Crippen LogP contribution < -0.4 is 10.9 Å². The normalized spacial score (nSPS) is 10.6. The van der Waals surface area contributed by atoms with Gasteiger partial charge in [-0.25, -0.2) is 0 Å². The van der Waals surface area contributed by atoms with Gasteiger partial charge in [0.2, 0.25) is 0 Å². The maximum atomic E-state index is 9.21. The highest BCUT2D eigenvalue weighted by molar-refractivity contribution is 6.58. The lowest BCUT2D eigenvalue weighted by Crippen LogP contribution is -2.29. The van der Waals surface area contributed by atoms with Crippen molar-refractivity contribution in [2.45, 2.75) is 6.92 Å². The largest absolute Gasteiger partial charge is 0.488 e. The van der Waals surface area contributed by atoms with E-state index in [0.717, 1.165) is 27.8 Å². The Kier molecular flexibility index (Phi) is 5.06. The van der Waals surface area contributed by atoms with Crippen LogP contribution in [0.25, 0.3) is 22.3 Å². The van der Waals surface area contributed by atoms with Gasteiger partial charge in [-0.05, 0) is 45.7 Å². The lowest BCUT2D eigenvalue weighted by Gasteiger charge is -2.13. The molecule has 0 spiro atoms. The van der Waals surface area contributed by atoms with Gasteiger partial charge in [0, 0.05) is 0 Å². The third-order valence-electron chi connectivity index (χ3n) is 4.37. The Balaban J connectivity index is 1.99. The van der Waals surface area contributed by atoms with E-state index < -0.39 is 14.2 Å². The minimum Gasteiger partial charge on any atom is -0.423 e. The van der Waals surface area contributed by atoms with Gasteiger partial charge >= 0.3 is 14.2 Å². The molecule has 6 heteroatoms. The molecule has 0 saturated heterocycles. The summed E-state index contributed by atoms with van der Waals surface area (Å²) < 4.78 is 0. The minimum absolute atomic E-state index is 0.454. The molecule has 0 aliphatic carbocycles. The van der Waals surface area contributed by atoms with E-state index in [1.54, 1.807) is 24.3 Å². The van der Waals surface area contributed by atoms with Gasteiger partial charge in [-0.3, -0.25) is 0 Å². The zero-order chi connectivity index (χ0) is 18.0. The Labute approximate surface area is 147 Å². The molecule has 0 aliphatic heterocycles. The smallest absolute Gasteiger partial charge is 0.423 e. The van der Waals surface area contributed by atoms with E-state index in [1.807, 2.05) is 49.4 Å². The fourth-order valence-electron chi connectivity index (χ4n) is 2.93. The number of benzene rings is 3. The van der Waals surface area contributed by atoms with Crippen LogP contribution in [0.3, 0.4) is 0 Å². The van der Waals surface area contributed by atoms with E-state index in [9.17, 15) is 20.1 Å². The SMILES string of the molecule is Cc1c(-c2ccc(B(O)O)cc2)cccc1-c1ccc(B(O)O)cc1. The van der Waals surface area contributed by atoms with Crippen molar-refractivity contribution in [1.29, 1.82) is 0 Å². The summed E-state index contributed by atoms with van der Waals surface area (Å²) in [6, 6.07) is 20.3. The van der Waals surface area contributed by atoms with Gasteiger partial charge in [-0.15, -0.1) is 0 Å². The van der Waals surface area contributed by atoms with Crippen LogP contribution in [-0.4, -0.2) is 34.3 Å². The van der Waals surface area contributed by atoms with Gasteiger partial charge in [0.1, 0.15) is 0 Å². The molecule has 0 aromatic heterocycles. The summed E-state index contributed by atoms with van der Waals surface area (Å²) in [5.41, 5.74) is 6.10. The second kappa shape index (κ2) is 7.25. The number of rotatable bonds is 4. The van der Waals surface area contributed by atoms with E-state index >= 15 is 0 Å². The molecule has 0 saturated carbocycles. The summed E-state index contributed by atoms with van der Waals surface area (Å²) in [5.74, 6) is 0. The molecular weight excluding hydrogens is 314 g/mol. The van der Waals surface area contributed by atoms with Crippen molar-refractivity contribution < 1.29 is 20.1 Å². The van der Waals surface area contributed by atoms with E-state index in [4.69, 9.17) is 0 Å². The van der Waals surface area contributed by atoms with Crippen LogP contribution in [0.2, 0.25) is 0 Å². The van der Waals surface area contributed by atoms with Crippen LogP contribution in [0.5, 0.6) is 0 Å². The zero-order valence-corrected chi connectivity index (χ0v) is 13.8. The monoisotopic (exact) mass is 332 g/mol. The van der Waals surface area contributed by atoms with E-state index in [0.29, 0.717) is 10.9 Å². The predicted molar refractivity (Wildman–Crippen MR) is 102 cm³/mol. The molecule has 0 amide bonds. The molecule has 25 heavy (non-hydrogen) atoms. The number of hydrogen-bond acceptors (Lipinski definition) is 4. The van der Waals surface area contributed by atoms with Crippen LogP contribution in [0.1, 0.15) is 5.56 Å². The van der Waals surface area contributed by atoms with Crippen LogP contribution in [0, 0.1) is 6.92 Å². The molecule has 0 unspecified atom stereocenters. The molecule has 0 aliphatic rings. The van der Waals surface area contributed by atoms with Crippen molar-refractivity contribution in [3.05, 3.63) is 72.3 Å². The van der Waals surface area contributed by atoms with Crippen molar-refractivity contribution in [2.75, 3.05) is 0 Å². The van der Waals surface area contributed by atoms with E-state index in [1.165, 1.54) is 0 Å². The summed E-state index contributed by atoms with van der Waals surface area (Å²) in [7, 11) is -2.94. The first-order valence-electron chi connectivity index (χ1n) is 8.00. The molecule has 3 aromatic rings. The first kappa shape index (κ1) is 17.5. The van der Waals surface area contributed by atoms with Crippen LogP contribution in [0.4, 0.5) is 0 Å². The first-order valence-corrected chi connectivity index (χ1v) is 8.00. The Morgan fingerprint density at radius 1 is 0.560 bits per heavy atom. The Morgan fingerprint density at radius 3 is 1.24 bits per heavy atom. The second-order valence-electron chi connectivity index (χ2n) is 5.97. The van der Waals surface area contributed by atoms with Crippen LogP contribution in [0.15, 0.2) is 66.7 Å².